The highest BCUT2D eigenvalue weighted by Gasteiger charge is 2.36. The minimum atomic E-state index is -4.08. The van der Waals surface area contributed by atoms with Gasteiger partial charge in [-0.1, -0.05) is 0 Å². The highest BCUT2D eigenvalue weighted by Crippen LogP contribution is 2.34. The van der Waals surface area contributed by atoms with E-state index in [4.69, 9.17) is 0 Å². The molecule has 5 rings (SSSR count). The van der Waals surface area contributed by atoms with Crippen molar-refractivity contribution in [2.45, 2.75) is 42.7 Å². The number of hydrogen-bond donors (Lipinski definition) is 5. The molecule has 2 aliphatic heterocycles. The largest absolute Gasteiger partial charge is 0.340 e. The van der Waals surface area contributed by atoms with Gasteiger partial charge in [0.25, 0.3) is 0 Å². The Morgan fingerprint density at radius 2 is 1.67 bits per heavy atom. The lowest BCUT2D eigenvalue weighted by molar-refractivity contribution is 0.158. The first-order chi connectivity index (χ1) is 20.5. The van der Waals surface area contributed by atoms with Crippen LogP contribution in [0.25, 0.3) is 0 Å². The first-order valence-corrected chi connectivity index (χ1v) is 17.5. The third-order valence-electron chi connectivity index (χ3n) is 7.72. The summed E-state index contributed by atoms with van der Waals surface area (Å²) in [5.41, 5.74) is 1.28. The lowest BCUT2D eigenvalue weighted by Gasteiger charge is -2.38. The molecule has 1 aromatic heterocycles. The van der Waals surface area contributed by atoms with Crippen molar-refractivity contribution in [3.63, 3.8) is 0 Å². The summed E-state index contributed by atoms with van der Waals surface area (Å²) >= 11 is 0. The van der Waals surface area contributed by atoms with E-state index in [1.54, 1.807) is 53.0 Å². The van der Waals surface area contributed by atoms with Gasteiger partial charge in [-0.05, 0) is 99.9 Å². The minimum Gasteiger partial charge on any atom is -0.340 e. The van der Waals surface area contributed by atoms with Crippen molar-refractivity contribution in [1.29, 1.82) is 0 Å². The lowest BCUT2D eigenvalue weighted by Crippen LogP contribution is -2.51. The summed E-state index contributed by atoms with van der Waals surface area (Å²) in [4.78, 5) is 29.3. The smallest absolute Gasteiger partial charge is 0.326 e. The number of rotatable bonds is 12. The lowest BCUT2D eigenvalue weighted by atomic mass is 10.0. The van der Waals surface area contributed by atoms with Gasteiger partial charge < -0.3 is 30.6 Å². The summed E-state index contributed by atoms with van der Waals surface area (Å²) in [5.74, 6) is 0.482. The number of nitrogens with one attached hydrogen (secondary N) is 3. The van der Waals surface area contributed by atoms with Crippen LogP contribution in [0.4, 0.5) is 27.5 Å². The molecule has 0 amide bonds. The molecule has 0 saturated carbocycles. The van der Waals surface area contributed by atoms with Gasteiger partial charge in [-0.2, -0.15) is 9.29 Å². The minimum absolute atomic E-state index is 0.0800. The van der Waals surface area contributed by atoms with Crippen molar-refractivity contribution < 1.29 is 27.2 Å². The van der Waals surface area contributed by atoms with Crippen molar-refractivity contribution in [2.75, 3.05) is 49.5 Å². The van der Waals surface area contributed by atoms with E-state index >= 15 is 0 Å². The van der Waals surface area contributed by atoms with E-state index in [1.165, 1.54) is 12.1 Å². The van der Waals surface area contributed by atoms with Crippen LogP contribution in [0, 0.1) is 5.82 Å². The number of likely N-dealkylation sites (tertiary alicyclic amines) is 1. The Morgan fingerprint density at radius 1 is 1.00 bits per heavy atom. The van der Waals surface area contributed by atoms with Crippen molar-refractivity contribution in [3.05, 3.63) is 66.6 Å². The van der Waals surface area contributed by atoms with E-state index in [9.17, 15) is 27.2 Å². The maximum Gasteiger partial charge on any atom is 0.326 e. The Labute approximate surface area is 250 Å². The van der Waals surface area contributed by atoms with Gasteiger partial charge >= 0.3 is 7.60 Å². The highest BCUT2D eigenvalue weighted by atomic mass is 32.2. The summed E-state index contributed by atoms with van der Waals surface area (Å²) in [7, 11) is -7.90. The van der Waals surface area contributed by atoms with Crippen LogP contribution in [0.1, 0.15) is 25.7 Å². The van der Waals surface area contributed by atoms with E-state index in [-0.39, 0.29) is 35.5 Å². The Morgan fingerprint density at radius 3 is 2.33 bits per heavy atom. The third-order valence-corrected chi connectivity index (χ3v) is 10.4. The van der Waals surface area contributed by atoms with E-state index < -0.39 is 17.6 Å². The molecule has 3 aromatic rings. The second-order valence-corrected chi connectivity index (χ2v) is 14.5. The molecule has 2 aliphatic rings. The predicted molar refractivity (Wildman–Crippen MR) is 163 cm³/mol. The number of sulfonamides is 1. The summed E-state index contributed by atoms with van der Waals surface area (Å²) in [6.45, 7) is 2.68. The van der Waals surface area contributed by atoms with Crippen LogP contribution < -0.4 is 16.0 Å². The summed E-state index contributed by atoms with van der Waals surface area (Å²) in [6.07, 6.45) is 4.46. The van der Waals surface area contributed by atoms with Crippen LogP contribution in [-0.2, 0) is 14.6 Å². The normalized spacial score (nSPS) is 18.7. The van der Waals surface area contributed by atoms with Crippen LogP contribution >= 0.6 is 7.60 Å². The van der Waals surface area contributed by atoms with Crippen molar-refractivity contribution in [2.24, 2.45) is 0 Å². The zero-order valence-corrected chi connectivity index (χ0v) is 25.4. The quantitative estimate of drug-likeness (QED) is 0.186. The Balaban J connectivity index is 1.26. The number of benzene rings is 2. The van der Waals surface area contributed by atoms with Crippen LogP contribution in [-0.4, -0.2) is 88.3 Å². The van der Waals surface area contributed by atoms with Gasteiger partial charge in [0.05, 0.1) is 11.1 Å². The molecular formula is C28H37FN7O5PS. The van der Waals surface area contributed by atoms with Gasteiger partial charge in [0, 0.05) is 42.7 Å². The molecule has 0 bridgehead atoms. The van der Waals surface area contributed by atoms with Gasteiger partial charge in [0.15, 0.2) is 0 Å². The predicted octanol–water partition coefficient (Wildman–Crippen LogP) is 3.49. The third kappa shape index (κ3) is 8.79. The summed E-state index contributed by atoms with van der Waals surface area (Å²) in [6, 6.07) is 13.9. The molecule has 0 spiro atoms. The van der Waals surface area contributed by atoms with E-state index in [0.29, 0.717) is 55.6 Å². The van der Waals surface area contributed by atoms with Crippen LogP contribution in [0.3, 0.4) is 0 Å². The van der Waals surface area contributed by atoms with Gasteiger partial charge in [0.2, 0.25) is 16.0 Å². The first kappa shape index (κ1) is 31.5. The standard InChI is InChI=1S/C28H37FN7O5PS/c29-21-3-5-22(6-4-21)32-27-11-15-31-28(34-27)33-23-7-9-26(10-8-23)43(40,41)36(20-24-2-1-14-30-24)25-12-16-35(17-13-25)18-19-42(37,38)39/h3-11,15,24-25,30H,1-2,12-14,16-20H2,(H2,37,38,39)(H2,31,32,33,34). The topological polar surface area (TPSA) is 160 Å². The fourth-order valence-electron chi connectivity index (χ4n) is 5.42. The van der Waals surface area contributed by atoms with Crippen molar-refractivity contribution in [1.82, 2.24) is 24.5 Å². The molecule has 0 aliphatic carbocycles. The molecule has 3 heterocycles. The van der Waals surface area contributed by atoms with Crippen LogP contribution in [0.15, 0.2) is 65.7 Å². The van der Waals surface area contributed by atoms with Gasteiger partial charge in [-0.15, -0.1) is 0 Å². The molecular weight excluding hydrogens is 596 g/mol. The molecule has 0 radical (unpaired) electrons. The summed E-state index contributed by atoms with van der Waals surface area (Å²) < 4.78 is 54.1. The Kier molecular flexibility index (Phi) is 10.1. The average Bonchev–Trinajstić information content (AvgIpc) is 3.50. The number of nitrogens with zero attached hydrogens (tertiary/aromatic N) is 4. The fourth-order valence-corrected chi connectivity index (χ4v) is 7.69. The van der Waals surface area contributed by atoms with Crippen molar-refractivity contribution >= 4 is 40.8 Å². The Bertz CT molecular complexity index is 1510. The highest BCUT2D eigenvalue weighted by molar-refractivity contribution is 7.89. The number of hydrogen-bond acceptors (Lipinski definition) is 9. The maximum atomic E-state index is 14.0. The molecule has 1 atom stereocenters. The molecule has 1 unspecified atom stereocenters. The number of anilines is 4. The summed E-state index contributed by atoms with van der Waals surface area (Å²) in [5, 5.41) is 9.59. The van der Waals surface area contributed by atoms with Crippen LogP contribution in [0.2, 0.25) is 0 Å². The zero-order chi connectivity index (χ0) is 30.5. The van der Waals surface area contributed by atoms with E-state index in [1.807, 2.05) is 4.90 Å². The molecule has 2 aromatic carbocycles. The number of piperidine rings is 1. The van der Waals surface area contributed by atoms with Gasteiger partial charge in [-0.25, -0.2) is 17.8 Å². The molecule has 15 heteroatoms. The molecule has 2 fully saturated rings. The molecule has 5 N–H and O–H groups in total. The zero-order valence-electron chi connectivity index (χ0n) is 23.6. The first-order valence-electron chi connectivity index (χ1n) is 14.3. The maximum absolute atomic E-state index is 14.0. The van der Waals surface area contributed by atoms with Crippen molar-refractivity contribution in [3.8, 4) is 0 Å². The SMILES string of the molecule is O=P(O)(O)CCN1CCC(N(CC2CCCN2)S(=O)(=O)c2ccc(Nc3nccc(Nc4ccc(F)cc4)n3)cc2)CC1. The van der Waals surface area contributed by atoms with E-state index in [2.05, 4.69) is 25.9 Å². The van der Waals surface area contributed by atoms with Crippen LogP contribution in [0.5, 0.6) is 0 Å². The van der Waals surface area contributed by atoms with E-state index in [0.717, 1.165) is 19.4 Å². The molecule has 43 heavy (non-hydrogen) atoms. The second kappa shape index (κ2) is 13.8. The Hall–Kier alpha value is -2.97. The van der Waals surface area contributed by atoms with Gasteiger partial charge in [-0.3, -0.25) is 4.57 Å². The molecule has 2 saturated heterocycles. The average molecular weight is 634 g/mol. The molecule has 12 nitrogen and oxygen atoms in total. The number of halogens is 1. The number of aromatic nitrogens is 2. The van der Waals surface area contributed by atoms with Gasteiger partial charge in [0.1, 0.15) is 11.6 Å². The second-order valence-electron chi connectivity index (χ2n) is 10.9. The molecule has 232 valence electrons. The fraction of sp³-hybridized carbons (Fsp3) is 0.429. The monoisotopic (exact) mass is 633 g/mol.